The van der Waals surface area contributed by atoms with Crippen LogP contribution in [0.3, 0.4) is 0 Å². The molecule has 114 valence electrons. The SMILES string of the molecule is N#Cc1ccccc1NC(=O)c1ccc([N+](=O)[O-])cc1[N+](=O)[O-]. The van der Waals surface area contributed by atoms with Gasteiger partial charge in [-0.25, -0.2) is 0 Å². The number of nitrogens with one attached hydrogen (secondary N) is 1. The van der Waals surface area contributed by atoms with Crippen molar-refractivity contribution in [3.8, 4) is 6.07 Å². The number of para-hydroxylation sites is 1. The maximum absolute atomic E-state index is 12.2. The van der Waals surface area contributed by atoms with E-state index in [0.29, 0.717) is 6.07 Å². The van der Waals surface area contributed by atoms with Crippen LogP contribution in [-0.2, 0) is 0 Å². The predicted octanol–water partition coefficient (Wildman–Crippen LogP) is 2.63. The average molecular weight is 312 g/mol. The van der Waals surface area contributed by atoms with E-state index < -0.39 is 27.1 Å². The van der Waals surface area contributed by atoms with Crippen molar-refractivity contribution >= 4 is 23.0 Å². The van der Waals surface area contributed by atoms with Gasteiger partial charge in [0.2, 0.25) is 0 Å². The highest BCUT2D eigenvalue weighted by atomic mass is 16.6. The van der Waals surface area contributed by atoms with Crippen LogP contribution in [0.1, 0.15) is 15.9 Å². The Hall–Kier alpha value is -3.80. The summed E-state index contributed by atoms with van der Waals surface area (Å²) in [6.07, 6.45) is 0. The highest BCUT2D eigenvalue weighted by molar-refractivity contribution is 6.07. The molecule has 0 aliphatic heterocycles. The lowest BCUT2D eigenvalue weighted by Crippen LogP contribution is -2.15. The lowest BCUT2D eigenvalue weighted by Gasteiger charge is -2.07. The minimum Gasteiger partial charge on any atom is -0.321 e. The van der Waals surface area contributed by atoms with Crippen LogP contribution >= 0.6 is 0 Å². The Morgan fingerprint density at radius 3 is 2.39 bits per heavy atom. The van der Waals surface area contributed by atoms with E-state index in [2.05, 4.69) is 5.32 Å². The zero-order valence-corrected chi connectivity index (χ0v) is 11.4. The third-order valence-electron chi connectivity index (χ3n) is 2.93. The number of hydrogen-bond donors (Lipinski definition) is 1. The van der Waals surface area contributed by atoms with Crippen LogP contribution in [0.4, 0.5) is 17.1 Å². The molecule has 0 atom stereocenters. The van der Waals surface area contributed by atoms with Crippen molar-refractivity contribution in [2.45, 2.75) is 0 Å². The van der Waals surface area contributed by atoms with Gasteiger partial charge in [-0.15, -0.1) is 0 Å². The van der Waals surface area contributed by atoms with Gasteiger partial charge in [0.15, 0.2) is 0 Å². The summed E-state index contributed by atoms with van der Waals surface area (Å²) < 4.78 is 0. The molecular formula is C14H8N4O5. The number of carbonyl (C=O) groups is 1. The number of anilines is 1. The van der Waals surface area contributed by atoms with Crippen molar-refractivity contribution in [2.24, 2.45) is 0 Å². The monoisotopic (exact) mass is 312 g/mol. The molecule has 0 unspecified atom stereocenters. The summed E-state index contributed by atoms with van der Waals surface area (Å²) in [6.45, 7) is 0. The molecular weight excluding hydrogens is 304 g/mol. The van der Waals surface area contributed by atoms with Crippen LogP contribution in [0.15, 0.2) is 42.5 Å². The molecule has 1 amide bonds. The van der Waals surface area contributed by atoms with Crippen molar-refractivity contribution in [2.75, 3.05) is 5.32 Å². The van der Waals surface area contributed by atoms with Crippen molar-refractivity contribution in [1.29, 1.82) is 5.26 Å². The van der Waals surface area contributed by atoms with Gasteiger partial charge in [0.1, 0.15) is 11.6 Å². The summed E-state index contributed by atoms with van der Waals surface area (Å²) in [7, 11) is 0. The van der Waals surface area contributed by atoms with Crippen LogP contribution in [0.25, 0.3) is 0 Å². The van der Waals surface area contributed by atoms with Crippen molar-refractivity contribution in [3.63, 3.8) is 0 Å². The fourth-order valence-corrected chi connectivity index (χ4v) is 1.86. The number of carbonyl (C=O) groups excluding carboxylic acids is 1. The van der Waals surface area contributed by atoms with Gasteiger partial charge in [-0.3, -0.25) is 25.0 Å². The van der Waals surface area contributed by atoms with Gasteiger partial charge in [-0.1, -0.05) is 12.1 Å². The van der Waals surface area contributed by atoms with E-state index in [4.69, 9.17) is 5.26 Å². The van der Waals surface area contributed by atoms with Gasteiger partial charge in [-0.2, -0.15) is 5.26 Å². The van der Waals surface area contributed by atoms with E-state index in [9.17, 15) is 25.0 Å². The van der Waals surface area contributed by atoms with E-state index in [-0.39, 0.29) is 16.8 Å². The van der Waals surface area contributed by atoms with Crippen LogP contribution in [0, 0.1) is 31.6 Å². The Balaban J connectivity index is 2.41. The molecule has 0 bridgehead atoms. The zero-order valence-electron chi connectivity index (χ0n) is 11.4. The van der Waals surface area contributed by atoms with Crippen molar-refractivity contribution in [3.05, 3.63) is 73.8 Å². The van der Waals surface area contributed by atoms with Gasteiger partial charge in [0, 0.05) is 6.07 Å². The quantitative estimate of drug-likeness (QED) is 0.679. The molecule has 0 fully saturated rings. The normalized spacial score (nSPS) is 9.70. The molecule has 0 aliphatic carbocycles. The molecule has 0 heterocycles. The van der Waals surface area contributed by atoms with E-state index in [0.717, 1.165) is 12.1 Å². The maximum Gasteiger partial charge on any atom is 0.289 e. The predicted molar refractivity (Wildman–Crippen MR) is 78.9 cm³/mol. The standard InChI is InChI=1S/C14H8N4O5/c15-8-9-3-1-2-4-12(9)16-14(19)11-6-5-10(17(20)21)7-13(11)18(22)23/h1-7H,(H,16,19). The third-order valence-corrected chi connectivity index (χ3v) is 2.93. The Kier molecular flexibility index (Phi) is 4.28. The van der Waals surface area contributed by atoms with Crippen LogP contribution < -0.4 is 5.32 Å². The lowest BCUT2D eigenvalue weighted by molar-refractivity contribution is -0.394. The molecule has 0 aliphatic rings. The van der Waals surface area contributed by atoms with Gasteiger partial charge < -0.3 is 5.32 Å². The number of nitro groups is 2. The smallest absolute Gasteiger partial charge is 0.289 e. The third kappa shape index (κ3) is 3.27. The first-order valence-electron chi connectivity index (χ1n) is 6.17. The van der Waals surface area contributed by atoms with Crippen LogP contribution in [-0.4, -0.2) is 15.8 Å². The number of non-ortho nitro benzene ring substituents is 1. The van der Waals surface area contributed by atoms with Crippen LogP contribution in [0.5, 0.6) is 0 Å². The molecule has 1 N–H and O–H groups in total. The molecule has 2 aromatic rings. The molecule has 9 nitrogen and oxygen atoms in total. The Labute approximate surface area is 129 Å². The molecule has 0 radical (unpaired) electrons. The number of nitriles is 1. The highest BCUT2D eigenvalue weighted by Gasteiger charge is 2.24. The second-order valence-corrected chi connectivity index (χ2v) is 4.33. The van der Waals surface area contributed by atoms with E-state index in [1.165, 1.54) is 12.1 Å². The number of nitrogens with zero attached hydrogens (tertiary/aromatic N) is 3. The summed E-state index contributed by atoms with van der Waals surface area (Å²) in [4.78, 5) is 32.2. The molecule has 0 spiro atoms. The minimum atomic E-state index is -0.877. The van der Waals surface area contributed by atoms with Crippen molar-refractivity contribution in [1.82, 2.24) is 0 Å². The summed E-state index contributed by atoms with van der Waals surface area (Å²) >= 11 is 0. The van der Waals surface area contributed by atoms with Gasteiger partial charge in [0.25, 0.3) is 17.3 Å². The Morgan fingerprint density at radius 2 is 1.78 bits per heavy atom. The summed E-state index contributed by atoms with van der Waals surface area (Å²) in [6, 6.07) is 10.7. The number of rotatable bonds is 4. The van der Waals surface area contributed by atoms with Crippen molar-refractivity contribution < 1.29 is 14.6 Å². The fourth-order valence-electron chi connectivity index (χ4n) is 1.86. The fraction of sp³-hybridized carbons (Fsp3) is 0. The van der Waals surface area contributed by atoms with E-state index in [1.54, 1.807) is 12.1 Å². The highest BCUT2D eigenvalue weighted by Crippen LogP contribution is 2.26. The van der Waals surface area contributed by atoms with Crippen LogP contribution in [0.2, 0.25) is 0 Å². The van der Waals surface area contributed by atoms with Gasteiger partial charge in [0.05, 0.1) is 27.2 Å². The summed E-state index contributed by atoms with van der Waals surface area (Å²) in [5.41, 5.74) is -1.15. The second kappa shape index (κ2) is 6.31. The number of nitro benzene ring substituents is 2. The lowest BCUT2D eigenvalue weighted by atomic mass is 10.1. The molecule has 2 rings (SSSR count). The van der Waals surface area contributed by atoms with E-state index in [1.807, 2.05) is 6.07 Å². The zero-order chi connectivity index (χ0) is 17.0. The number of amides is 1. The second-order valence-electron chi connectivity index (χ2n) is 4.33. The molecule has 0 saturated carbocycles. The average Bonchev–Trinajstić information content (AvgIpc) is 2.54. The Morgan fingerprint density at radius 1 is 1.09 bits per heavy atom. The first kappa shape index (κ1) is 15.6. The number of hydrogen-bond acceptors (Lipinski definition) is 6. The molecule has 9 heteroatoms. The van der Waals surface area contributed by atoms with Gasteiger partial charge in [-0.05, 0) is 18.2 Å². The summed E-state index contributed by atoms with van der Waals surface area (Å²) in [5.74, 6) is -0.839. The number of benzene rings is 2. The maximum atomic E-state index is 12.2. The summed E-state index contributed by atoms with van der Waals surface area (Å²) in [5, 5.41) is 33.0. The first-order valence-corrected chi connectivity index (χ1v) is 6.17. The Bertz CT molecular complexity index is 856. The minimum absolute atomic E-state index is 0.186. The molecule has 0 saturated heterocycles. The largest absolute Gasteiger partial charge is 0.321 e. The molecule has 0 aromatic heterocycles. The van der Waals surface area contributed by atoms with Gasteiger partial charge >= 0.3 is 0 Å². The molecule has 2 aromatic carbocycles. The first-order chi connectivity index (χ1) is 10.9. The van der Waals surface area contributed by atoms with E-state index >= 15 is 0 Å². The molecule has 23 heavy (non-hydrogen) atoms. The topological polar surface area (TPSA) is 139 Å².